The first-order valence-corrected chi connectivity index (χ1v) is 52.5. The maximum atomic E-state index is 13.9. The van der Waals surface area contributed by atoms with Crippen LogP contribution in [0.4, 0.5) is 0 Å². The summed E-state index contributed by atoms with van der Waals surface area (Å²) in [6.45, 7) is 45.0. The first kappa shape index (κ1) is 112. The van der Waals surface area contributed by atoms with Gasteiger partial charge in [0.2, 0.25) is 12.3 Å². The molecule has 0 radical (unpaired) electrons. The predicted octanol–water partition coefficient (Wildman–Crippen LogP) is 15.4. The van der Waals surface area contributed by atoms with Crippen molar-refractivity contribution in [1.82, 2.24) is 77.3 Å². The predicted molar refractivity (Wildman–Crippen MR) is 594 cm³/mol. The van der Waals surface area contributed by atoms with Crippen molar-refractivity contribution in [3.8, 4) is 17.2 Å². The standard InChI is InChI=1S/C34H43N3O4.2C24H33N3.C14H19N3.C14H23N3.C11H16N2/c1-26(20-27-12-7-5-8-13-27)24-37(34(38)29-22-31(39-2)33(41-4)32(23-29)40-3)18-11-17-36-19-16-35-30(25-36)21-28-14-9-6-10-15-28;2*1-21(17-22-9-4-2-5-10-22)19-25-13-8-15-27-16-14-26-24(20-27)18-23-11-6-3-7-12-23;1-15-7-9-17-10-8-16-14(12-17)11-13-5-3-2-4-6-13;15-7-4-9-17-10-8-16-14(12-17)11-13-5-2-1-3-6-13;1-2-4-10(5-3-1)8-11-9-12-6-7-13-11/h5-10,12-15,20,22-23,30,35H,11,16-19,21,24-25H2,1-4H3;2*2-7,9-12,17,24-26H,8,13-16,18-20H2,1H3;2-6,14,16H,7-12H2;1-3,5-6,14,16H,4,7-12,15H2;1-5,11-13H,6-9H2/b26-20+;2*21-17+;;;/t30-;2*24-;2*14-;11-/m000000/s1. The molecule has 1 amide bonds. The number of methoxy groups -OCH3 is 3. The number of piperazine rings is 6. The Morgan fingerprint density at radius 2 is 0.676 bits per heavy atom. The van der Waals surface area contributed by atoms with Gasteiger partial charge in [-0.25, -0.2) is 6.57 Å². The van der Waals surface area contributed by atoms with Crippen molar-refractivity contribution in [3.63, 3.8) is 0 Å². The van der Waals surface area contributed by atoms with E-state index in [0.717, 1.165) is 233 Å². The first-order chi connectivity index (χ1) is 69.8. The van der Waals surface area contributed by atoms with Gasteiger partial charge in [-0.2, -0.15) is 0 Å². The summed E-state index contributed by atoms with van der Waals surface area (Å²) in [4.78, 5) is 31.9. The van der Waals surface area contributed by atoms with Gasteiger partial charge in [-0.15, -0.1) is 0 Å². The van der Waals surface area contributed by atoms with Crippen LogP contribution in [-0.4, -0.2) is 296 Å². The Morgan fingerprint density at radius 3 is 0.979 bits per heavy atom. The molecule has 10 aromatic carbocycles. The van der Waals surface area contributed by atoms with E-state index in [1.807, 2.05) is 23.1 Å². The summed E-state index contributed by atoms with van der Waals surface area (Å²) in [5.41, 5.74) is 22.1. The van der Waals surface area contributed by atoms with Gasteiger partial charge in [0.05, 0.1) is 27.9 Å². The molecule has 21 nitrogen and oxygen atoms in total. The third-order valence-electron chi connectivity index (χ3n) is 26.6. The molecular weight excluding hydrogens is 1760 g/mol. The topological polar surface area (TPSA) is 203 Å². The molecule has 6 saturated heterocycles. The third-order valence-corrected chi connectivity index (χ3v) is 26.6. The Kier molecular flexibility index (Phi) is 52.6. The summed E-state index contributed by atoms with van der Waals surface area (Å²) in [7, 11) is 4.69. The van der Waals surface area contributed by atoms with E-state index in [2.05, 4.69) is 371 Å². The number of rotatable bonds is 42. The molecule has 6 heterocycles. The Bertz CT molecular complexity index is 4990. The van der Waals surface area contributed by atoms with Gasteiger partial charge in [-0.1, -0.05) is 308 Å². The molecule has 6 atom stereocenters. The molecular formula is C121H167N17O4. The molecule has 6 fully saturated rings. The number of hydrogen-bond donors (Lipinski definition) is 10. The lowest BCUT2D eigenvalue weighted by atomic mass is 10.0. The zero-order valence-electron chi connectivity index (χ0n) is 86.2. The zero-order chi connectivity index (χ0) is 99.3. The van der Waals surface area contributed by atoms with Gasteiger partial charge < -0.3 is 97.1 Å². The van der Waals surface area contributed by atoms with E-state index in [1.165, 1.54) is 81.6 Å². The quantitative estimate of drug-likeness (QED) is 0.0128. The molecule has 10 aromatic rings. The fraction of sp³-hybridized carbons (Fsp3) is 0.438. The fourth-order valence-corrected chi connectivity index (χ4v) is 19.4. The van der Waals surface area contributed by atoms with Crippen LogP contribution in [0, 0.1) is 6.57 Å². The van der Waals surface area contributed by atoms with Gasteiger partial charge in [0, 0.05) is 186 Å². The number of hydrogen-bond acceptors (Lipinski definition) is 19. The van der Waals surface area contributed by atoms with Crippen LogP contribution in [0.3, 0.4) is 0 Å². The number of carbonyl (C=O) groups is 1. The van der Waals surface area contributed by atoms with E-state index in [1.54, 1.807) is 33.5 Å². The molecule has 0 spiro atoms. The minimum Gasteiger partial charge on any atom is -0.493 e. The second-order valence-electron chi connectivity index (χ2n) is 38.5. The molecule has 21 heteroatoms. The number of nitrogens with two attached hydrogens (primary N) is 1. The van der Waals surface area contributed by atoms with E-state index in [-0.39, 0.29) is 5.91 Å². The van der Waals surface area contributed by atoms with Gasteiger partial charge in [0.25, 0.3) is 5.91 Å². The van der Waals surface area contributed by atoms with Crippen LogP contribution in [0.2, 0.25) is 0 Å². The van der Waals surface area contributed by atoms with Crippen LogP contribution in [0.25, 0.3) is 23.1 Å². The molecule has 0 saturated carbocycles. The van der Waals surface area contributed by atoms with Gasteiger partial charge in [0.1, 0.15) is 0 Å². The highest BCUT2D eigenvalue weighted by molar-refractivity contribution is 5.96. The van der Waals surface area contributed by atoms with Crippen LogP contribution < -0.4 is 67.8 Å². The maximum absolute atomic E-state index is 13.9. The normalized spacial score (nSPS) is 18.8. The highest BCUT2D eigenvalue weighted by Crippen LogP contribution is 2.39. The van der Waals surface area contributed by atoms with Crippen molar-refractivity contribution in [1.29, 1.82) is 0 Å². The monoisotopic (exact) mass is 1920 g/mol. The van der Waals surface area contributed by atoms with E-state index in [0.29, 0.717) is 78.7 Å². The molecule has 6 aliphatic heterocycles. The van der Waals surface area contributed by atoms with Crippen molar-refractivity contribution in [2.75, 3.05) is 224 Å². The summed E-state index contributed by atoms with van der Waals surface area (Å²) in [5.74, 6) is 1.35. The van der Waals surface area contributed by atoms with Crippen molar-refractivity contribution >= 4 is 24.1 Å². The third kappa shape index (κ3) is 44.2. The van der Waals surface area contributed by atoms with Crippen molar-refractivity contribution in [2.45, 2.75) is 121 Å². The molecule has 0 aromatic heterocycles. The molecule has 760 valence electrons. The van der Waals surface area contributed by atoms with Crippen LogP contribution in [-0.2, 0) is 38.5 Å². The van der Waals surface area contributed by atoms with Crippen LogP contribution in [0.15, 0.2) is 302 Å². The molecule has 0 aliphatic carbocycles. The minimum atomic E-state index is -0.0627. The molecule has 6 aliphatic rings. The highest BCUT2D eigenvalue weighted by atomic mass is 16.5. The Morgan fingerprint density at radius 1 is 0.380 bits per heavy atom. The smallest absolute Gasteiger partial charge is 0.254 e. The van der Waals surface area contributed by atoms with Gasteiger partial charge in [-0.05, 0) is 193 Å². The number of carbonyl (C=O) groups excluding carboxylic acids is 1. The molecule has 11 N–H and O–H groups in total. The Hall–Kier alpha value is -10.8. The maximum Gasteiger partial charge on any atom is 0.254 e. The number of amides is 1. The SMILES string of the molecule is C/C(=C\c1ccccc1)CNCCCN1CCN[C@@H](Cc2ccccc2)C1.C/C(=C\c1ccccc1)CNCCCN1CCN[C@@H](Cc2ccccc2)C1.COc1cc(C(=O)N(CCCN2CCN[C@@H](Cc3ccccc3)C2)C/C(C)=C/c2ccccc2)cc(OC)c1OC.NCCCN1CCN[C@@H](Cc2ccccc2)C1.[C-]#[N+]CCN1CCN[C@@H](Cc2ccccc2)C1.c1ccc(C[C@H]2CNCCN2)cc1. The average molecular weight is 1920 g/mol. The van der Waals surface area contributed by atoms with Gasteiger partial charge in [0.15, 0.2) is 11.5 Å². The van der Waals surface area contributed by atoms with Crippen LogP contribution in [0.1, 0.15) is 107 Å². The number of ether oxygens (including phenoxy) is 3. The Balaban J connectivity index is 0.000000169. The van der Waals surface area contributed by atoms with Crippen molar-refractivity contribution in [3.05, 3.63) is 369 Å². The summed E-state index contributed by atoms with van der Waals surface area (Å²) >= 11 is 0. The van der Waals surface area contributed by atoms with Crippen molar-refractivity contribution < 1.29 is 19.0 Å². The van der Waals surface area contributed by atoms with Crippen LogP contribution in [0.5, 0.6) is 17.2 Å². The van der Waals surface area contributed by atoms with Gasteiger partial charge >= 0.3 is 0 Å². The molecule has 0 unspecified atom stereocenters. The summed E-state index contributed by atoms with van der Waals surface area (Å²) in [6, 6.07) is 102. The number of benzene rings is 10. The molecule has 0 bridgehead atoms. The van der Waals surface area contributed by atoms with E-state index < -0.39 is 0 Å². The number of nitrogens with zero attached hydrogens (tertiary/aromatic N) is 7. The second-order valence-corrected chi connectivity index (χ2v) is 38.5. The average Bonchev–Trinajstić information content (AvgIpc) is 0.806. The van der Waals surface area contributed by atoms with E-state index in [9.17, 15) is 4.79 Å². The zero-order valence-corrected chi connectivity index (χ0v) is 86.2. The minimum absolute atomic E-state index is 0.0627. The van der Waals surface area contributed by atoms with Crippen molar-refractivity contribution in [2.24, 2.45) is 5.73 Å². The largest absolute Gasteiger partial charge is 0.493 e. The Labute approximate surface area is 852 Å². The highest BCUT2D eigenvalue weighted by Gasteiger charge is 2.27. The summed E-state index contributed by atoms with van der Waals surface area (Å²) in [6.07, 6.45) is 17.7. The van der Waals surface area contributed by atoms with E-state index >= 15 is 0 Å². The number of nitrogens with one attached hydrogen (secondary N) is 9. The molecule has 16 rings (SSSR count). The summed E-state index contributed by atoms with van der Waals surface area (Å²) < 4.78 is 16.5. The van der Waals surface area contributed by atoms with E-state index in [4.69, 9.17) is 26.5 Å². The summed E-state index contributed by atoms with van der Waals surface area (Å²) in [5, 5.41) is 32.2. The van der Waals surface area contributed by atoms with Gasteiger partial charge in [-0.3, -0.25) is 9.69 Å². The lowest BCUT2D eigenvalue weighted by molar-refractivity contribution is 0.0758. The fourth-order valence-electron chi connectivity index (χ4n) is 19.4. The lowest BCUT2D eigenvalue weighted by Gasteiger charge is -2.34. The molecule has 142 heavy (non-hydrogen) atoms. The lowest BCUT2D eigenvalue weighted by Crippen LogP contribution is -2.52. The first-order valence-electron chi connectivity index (χ1n) is 52.5. The second kappa shape index (κ2) is 66.9. The van der Waals surface area contributed by atoms with Crippen LogP contribution >= 0.6 is 0 Å².